The highest BCUT2D eigenvalue weighted by Gasteiger charge is 2.27. The van der Waals surface area contributed by atoms with E-state index in [-0.39, 0.29) is 12.5 Å². The number of rotatable bonds is 8. The number of aliphatic imine (C=N–C) groups is 1. The molecule has 1 aromatic heterocycles. The quantitative estimate of drug-likeness (QED) is 0.165. The number of nitrogens with zero attached hydrogens (tertiary/aromatic N) is 4. The second-order valence-corrected chi connectivity index (χ2v) is 9.68. The minimum absolute atomic E-state index is 0.0527. The van der Waals surface area contributed by atoms with Crippen LogP contribution in [0.15, 0.2) is 82.2 Å². The van der Waals surface area contributed by atoms with Crippen molar-refractivity contribution in [3.8, 4) is 11.5 Å². The number of carbonyl (C=O) groups is 3. The van der Waals surface area contributed by atoms with E-state index in [1.54, 1.807) is 49.4 Å². The number of nitrogens with one attached hydrogen (secondary N) is 1. The van der Waals surface area contributed by atoms with Gasteiger partial charge in [0.15, 0.2) is 5.58 Å². The van der Waals surface area contributed by atoms with Crippen LogP contribution in [0.5, 0.6) is 0 Å². The van der Waals surface area contributed by atoms with Crippen LogP contribution in [-0.4, -0.2) is 57.3 Å². The number of carboxylic acids is 1. The van der Waals surface area contributed by atoms with E-state index in [0.717, 1.165) is 11.1 Å². The Hall–Kier alpha value is -4.70. The number of benzene rings is 3. The van der Waals surface area contributed by atoms with Crippen molar-refractivity contribution in [2.24, 2.45) is 10.9 Å². The highest BCUT2D eigenvalue weighted by atomic mass is 35.5. The third-order valence-corrected chi connectivity index (χ3v) is 6.81. The molecule has 0 saturated carbocycles. The molecule has 0 aliphatic heterocycles. The minimum atomic E-state index is -1.03. The molecule has 0 spiro atoms. The summed E-state index contributed by atoms with van der Waals surface area (Å²) in [5.74, 6) is -1.45. The van der Waals surface area contributed by atoms with Gasteiger partial charge < -0.3 is 14.4 Å². The number of hydrogen-bond acceptors (Lipinski definition) is 6. The highest BCUT2D eigenvalue weighted by Crippen LogP contribution is 2.27. The molecule has 0 radical (unpaired) electrons. The lowest BCUT2D eigenvalue weighted by atomic mass is 10.0. The van der Waals surface area contributed by atoms with E-state index in [1.165, 1.54) is 23.8 Å². The smallest absolute Gasteiger partial charge is 0.324 e. The van der Waals surface area contributed by atoms with Crippen LogP contribution in [-0.2, 0) is 16.1 Å². The van der Waals surface area contributed by atoms with Gasteiger partial charge in [-0.1, -0.05) is 41.9 Å². The molecule has 40 heavy (non-hydrogen) atoms. The maximum Gasteiger partial charge on any atom is 0.324 e. The van der Waals surface area contributed by atoms with Gasteiger partial charge in [0.1, 0.15) is 5.52 Å². The number of aromatic nitrogens is 1. The van der Waals surface area contributed by atoms with Crippen molar-refractivity contribution in [2.75, 3.05) is 7.05 Å². The first kappa shape index (κ1) is 28.3. The van der Waals surface area contributed by atoms with Crippen LogP contribution < -0.4 is 5.32 Å². The fourth-order valence-corrected chi connectivity index (χ4v) is 3.96. The Kier molecular flexibility index (Phi) is 8.80. The van der Waals surface area contributed by atoms with E-state index in [4.69, 9.17) is 16.0 Å². The fourth-order valence-electron chi connectivity index (χ4n) is 3.83. The molecule has 10 nitrogen and oxygen atoms in total. The Morgan fingerprint density at radius 3 is 2.45 bits per heavy atom. The number of carboxylic acid groups (broad SMARTS) is 1. The number of urea groups is 1. The van der Waals surface area contributed by atoms with Crippen molar-refractivity contribution in [3.63, 3.8) is 0 Å². The van der Waals surface area contributed by atoms with Crippen molar-refractivity contribution >= 4 is 52.8 Å². The number of aliphatic carboxylic acids is 1. The van der Waals surface area contributed by atoms with Crippen molar-refractivity contribution < 1.29 is 23.9 Å². The lowest BCUT2D eigenvalue weighted by Gasteiger charge is -2.29. The molecule has 1 unspecified atom stereocenters. The largest absolute Gasteiger partial charge is 0.481 e. The summed E-state index contributed by atoms with van der Waals surface area (Å²) in [6, 6.07) is 20.2. The van der Waals surface area contributed by atoms with Crippen molar-refractivity contribution in [1.82, 2.24) is 20.1 Å². The number of guanidine groups is 1. The average molecular weight is 562 g/mol. The standard InChI is InChI=1S/C29H28ClN5O5/c1-18(27(37)38)19(2)34(3)29(39)33-28(35(17-36)16-20-9-11-22(30)12-10-20)31-23-13-14-25-24(15-23)32-26(40-25)21-7-5-4-6-8-21/h4-15,17-19H,16H2,1-3H3,(H,37,38)(H,31,33,39)/t18-,19?/m1/s1. The lowest BCUT2D eigenvalue weighted by Crippen LogP contribution is -2.51. The fraction of sp³-hybridized carbons (Fsp3) is 0.207. The van der Waals surface area contributed by atoms with Crippen LogP contribution in [0.25, 0.3) is 22.6 Å². The predicted molar refractivity (Wildman–Crippen MR) is 152 cm³/mol. The zero-order valence-electron chi connectivity index (χ0n) is 22.1. The van der Waals surface area contributed by atoms with E-state index >= 15 is 0 Å². The first-order valence-corrected chi connectivity index (χ1v) is 12.8. The number of halogens is 1. The Labute approximate surface area is 235 Å². The van der Waals surface area contributed by atoms with Crippen molar-refractivity contribution in [2.45, 2.75) is 26.4 Å². The number of oxazole rings is 1. The van der Waals surface area contributed by atoms with Gasteiger partial charge in [0.2, 0.25) is 18.3 Å². The third kappa shape index (κ3) is 6.65. The SMILES string of the molecule is CC([C@@H](C)C(=O)O)N(C)C(=O)NC(=Nc1ccc2oc(-c3ccccc3)nc2c1)N(C=O)Cc1ccc(Cl)cc1. The van der Waals surface area contributed by atoms with Crippen LogP contribution in [0.2, 0.25) is 5.02 Å². The summed E-state index contributed by atoms with van der Waals surface area (Å²) in [4.78, 5) is 48.4. The Bertz CT molecular complexity index is 1540. The number of hydrogen-bond donors (Lipinski definition) is 2. The zero-order chi connectivity index (χ0) is 28.8. The number of fused-ring (bicyclic) bond motifs is 1. The van der Waals surface area contributed by atoms with Crippen LogP contribution in [0.4, 0.5) is 10.5 Å². The summed E-state index contributed by atoms with van der Waals surface area (Å²) in [6.07, 6.45) is 0.555. The summed E-state index contributed by atoms with van der Waals surface area (Å²) >= 11 is 6.00. The number of amides is 3. The lowest BCUT2D eigenvalue weighted by molar-refractivity contribution is -0.142. The first-order valence-electron chi connectivity index (χ1n) is 12.4. The maximum absolute atomic E-state index is 13.2. The van der Waals surface area contributed by atoms with Crippen LogP contribution in [0.1, 0.15) is 19.4 Å². The van der Waals surface area contributed by atoms with E-state index < -0.39 is 24.0 Å². The van der Waals surface area contributed by atoms with Gasteiger partial charge in [-0.15, -0.1) is 0 Å². The van der Waals surface area contributed by atoms with E-state index in [2.05, 4.69) is 15.3 Å². The molecule has 4 aromatic rings. The van der Waals surface area contributed by atoms with Crippen molar-refractivity contribution in [1.29, 1.82) is 0 Å². The molecular weight excluding hydrogens is 534 g/mol. The van der Waals surface area contributed by atoms with Crippen LogP contribution in [0, 0.1) is 5.92 Å². The van der Waals surface area contributed by atoms with Gasteiger partial charge in [0.25, 0.3) is 0 Å². The number of carbonyl (C=O) groups excluding carboxylic acids is 2. The molecule has 206 valence electrons. The van der Waals surface area contributed by atoms with Gasteiger partial charge in [-0.05, 0) is 61.9 Å². The molecular formula is C29H28ClN5O5. The van der Waals surface area contributed by atoms with Gasteiger partial charge in [-0.25, -0.2) is 14.8 Å². The van der Waals surface area contributed by atoms with Gasteiger partial charge >= 0.3 is 12.0 Å². The van der Waals surface area contributed by atoms with Gasteiger partial charge in [-0.2, -0.15) is 0 Å². The topological polar surface area (TPSA) is 128 Å². The van der Waals surface area contributed by atoms with Gasteiger partial charge in [-0.3, -0.25) is 19.8 Å². The van der Waals surface area contributed by atoms with E-state index in [0.29, 0.717) is 34.1 Å². The van der Waals surface area contributed by atoms with E-state index in [9.17, 15) is 19.5 Å². The minimum Gasteiger partial charge on any atom is -0.481 e. The summed E-state index contributed by atoms with van der Waals surface area (Å²) in [7, 11) is 1.48. The van der Waals surface area contributed by atoms with Gasteiger partial charge in [0, 0.05) is 23.7 Å². The van der Waals surface area contributed by atoms with Gasteiger partial charge in [0.05, 0.1) is 18.2 Å². The predicted octanol–water partition coefficient (Wildman–Crippen LogP) is 5.54. The zero-order valence-corrected chi connectivity index (χ0v) is 22.9. The molecule has 0 aliphatic carbocycles. The Morgan fingerprint density at radius 2 is 1.80 bits per heavy atom. The monoisotopic (exact) mass is 561 g/mol. The van der Waals surface area contributed by atoms with Crippen LogP contribution in [0.3, 0.4) is 0 Å². The summed E-state index contributed by atoms with van der Waals surface area (Å²) in [5, 5.41) is 12.6. The summed E-state index contributed by atoms with van der Waals surface area (Å²) < 4.78 is 5.87. The molecule has 0 saturated heterocycles. The summed E-state index contributed by atoms with van der Waals surface area (Å²) in [6.45, 7) is 3.24. The van der Waals surface area contributed by atoms with Crippen molar-refractivity contribution in [3.05, 3.63) is 83.4 Å². The average Bonchev–Trinajstić information content (AvgIpc) is 3.39. The van der Waals surface area contributed by atoms with E-state index in [1.807, 2.05) is 30.3 Å². The second kappa shape index (κ2) is 12.4. The molecule has 3 amide bonds. The molecule has 0 bridgehead atoms. The molecule has 2 atom stereocenters. The Balaban J connectivity index is 1.68. The molecule has 11 heteroatoms. The third-order valence-electron chi connectivity index (χ3n) is 6.56. The molecule has 2 N–H and O–H groups in total. The summed E-state index contributed by atoms with van der Waals surface area (Å²) in [5.41, 5.74) is 3.07. The highest BCUT2D eigenvalue weighted by molar-refractivity contribution is 6.30. The molecule has 1 heterocycles. The maximum atomic E-state index is 13.2. The van der Waals surface area contributed by atoms with Crippen LogP contribution >= 0.6 is 11.6 Å². The molecule has 0 aliphatic rings. The molecule has 0 fully saturated rings. The Morgan fingerprint density at radius 1 is 1.10 bits per heavy atom. The molecule has 4 rings (SSSR count). The second-order valence-electron chi connectivity index (χ2n) is 9.24. The normalized spacial score (nSPS) is 12.9. The first-order chi connectivity index (χ1) is 19.2. The molecule has 3 aromatic carbocycles.